The molecule has 7 heteroatoms. The number of hydrogen-bond acceptors (Lipinski definition) is 3. The molecule has 1 N–H and O–H groups in total. The Hall–Kier alpha value is -2.41. The largest absolute Gasteiger partial charge is 0.346 e. The summed E-state index contributed by atoms with van der Waals surface area (Å²) < 4.78 is 4.75. The molecule has 1 aromatic carbocycles. The fourth-order valence-electron chi connectivity index (χ4n) is 2.92. The standard InChI is InChI=1S/C19H22BrN5O/c1-12-8-17(24(4)22-12)10-21-19(26)16-7-5-6-15(9-16)11-25-14(3)18(20)13(2)23-25/h5-9H,10-11H2,1-4H3,(H,21,26). The van der Waals surface area contributed by atoms with Gasteiger partial charge in [-0.15, -0.1) is 0 Å². The van der Waals surface area contributed by atoms with E-state index in [0.29, 0.717) is 18.7 Å². The highest BCUT2D eigenvalue weighted by molar-refractivity contribution is 9.10. The predicted molar refractivity (Wildman–Crippen MR) is 104 cm³/mol. The molecule has 0 unspecified atom stereocenters. The number of halogens is 1. The van der Waals surface area contributed by atoms with E-state index < -0.39 is 0 Å². The van der Waals surface area contributed by atoms with E-state index in [4.69, 9.17) is 0 Å². The summed E-state index contributed by atoms with van der Waals surface area (Å²) in [5.41, 5.74) is 5.62. The zero-order valence-electron chi connectivity index (χ0n) is 15.4. The van der Waals surface area contributed by atoms with Crippen LogP contribution in [-0.4, -0.2) is 25.5 Å². The molecule has 0 radical (unpaired) electrons. The van der Waals surface area contributed by atoms with Crippen LogP contribution in [0.5, 0.6) is 0 Å². The first-order valence-electron chi connectivity index (χ1n) is 8.41. The van der Waals surface area contributed by atoms with Gasteiger partial charge in [-0.25, -0.2) is 0 Å². The highest BCUT2D eigenvalue weighted by Crippen LogP contribution is 2.20. The van der Waals surface area contributed by atoms with Crippen LogP contribution < -0.4 is 5.32 Å². The summed E-state index contributed by atoms with van der Waals surface area (Å²) in [7, 11) is 1.88. The summed E-state index contributed by atoms with van der Waals surface area (Å²) in [6, 6.07) is 9.61. The number of benzene rings is 1. The summed E-state index contributed by atoms with van der Waals surface area (Å²) in [4.78, 5) is 12.5. The second-order valence-corrected chi connectivity index (χ2v) is 7.22. The SMILES string of the molecule is Cc1cc(CNC(=O)c2cccc(Cn3nc(C)c(Br)c3C)c2)n(C)n1. The van der Waals surface area contributed by atoms with Crippen molar-refractivity contribution in [2.45, 2.75) is 33.9 Å². The van der Waals surface area contributed by atoms with Crippen molar-refractivity contribution in [3.63, 3.8) is 0 Å². The van der Waals surface area contributed by atoms with Gasteiger partial charge < -0.3 is 5.32 Å². The molecule has 3 aromatic rings. The predicted octanol–water partition coefficient (Wildman–Crippen LogP) is 3.28. The van der Waals surface area contributed by atoms with Crippen LogP contribution in [0.15, 0.2) is 34.8 Å². The van der Waals surface area contributed by atoms with Crippen LogP contribution in [0.4, 0.5) is 0 Å². The van der Waals surface area contributed by atoms with Crippen LogP contribution >= 0.6 is 15.9 Å². The molecular weight excluding hydrogens is 394 g/mol. The van der Waals surface area contributed by atoms with Crippen molar-refractivity contribution in [2.24, 2.45) is 7.05 Å². The average molecular weight is 416 g/mol. The number of nitrogens with zero attached hydrogens (tertiary/aromatic N) is 4. The average Bonchev–Trinajstić information content (AvgIpc) is 3.06. The molecule has 0 atom stereocenters. The third kappa shape index (κ3) is 3.88. The van der Waals surface area contributed by atoms with Crippen LogP contribution in [0, 0.1) is 20.8 Å². The van der Waals surface area contributed by atoms with E-state index in [-0.39, 0.29) is 5.91 Å². The van der Waals surface area contributed by atoms with Crippen molar-refractivity contribution in [3.05, 3.63) is 68.7 Å². The van der Waals surface area contributed by atoms with Gasteiger partial charge in [0.1, 0.15) is 0 Å². The normalized spacial score (nSPS) is 11.0. The van der Waals surface area contributed by atoms with Gasteiger partial charge >= 0.3 is 0 Å². The molecule has 6 nitrogen and oxygen atoms in total. The van der Waals surface area contributed by atoms with Gasteiger partial charge in [0, 0.05) is 12.6 Å². The summed E-state index contributed by atoms with van der Waals surface area (Å²) in [6.45, 7) is 7.01. The Morgan fingerprint density at radius 1 is 1.19 bits per heavy atom. The number of hydrogen-bond donors (Lipinski definition) is 1. The van der Waals surface area contributed by atoms with Crippen molar-refractivity contribution in [1.82, 2.24) is 24.9 Å². The topological polar surface area (TPSA) is 64.7 Å². The van der Waals surface area contributed by atoms with Crippen LogP contribution in [0.1, 0.15) is 38.7 Å². The minimum Gasteiger partial charge on any atom is -0.346 e. The van der Waals surface area contributed by atoms with E-state index >= 15 is 0 Å². The second kappa shape index (κ2) is 7.45. The first kappa shape index (κ1) is 18.4. The summed E-state index contributed by atoms with van der Waals surface area (Å²) in [5.74, 6) is -0.0970. The summed E-state index contributed by atoms with van der Waals surface area (Å²) >= 11 is 3.55. The first-order chi connectivity index (χ1) is 12.3. The molecule has 0 saturated carbocycles. The Kier molecular flexibility index (Phi) is 5.27. The van der Waals surface area contributed by atoms with Crippen molar-refractivity contribution >= 4 is 21.8 Å². The van der Waals surface area contributed by atoms with Gasteiger partial charge in [-0.1, -0.05) is 12.1 Å². The maximum atomic E-state index is 12.5. The van der Waals surface area contributed by atoms with Crippen LogP contribution in [0.3, 0.4) is 0 Å². The first-order valence-corrected chi connectivity index (χ1v) is 9.20. The van der Waals surface area contributed by atoms with E-state index in [1.165, 1.54) is 0 Å². The van der Waals surface area contributed by atoms with Gasteiger partial charge in [0.15, 0.2) is 0 Å². The van der Waals surface area contributed by atoms with Crippen molar-refractivity contribution in [1.29, 1.82) is 0 Å². The van der Waals surface area contributed by atoms with E-state index in [1.807, 2.05) is 62.8 Å². The zero-order chi connectivity index (χ0) is 18.8. The number of rotatable bonds is 5. The van der Waals surface area contributed by atoms with E-state index in [1.54, 1.807) is 4.68 Å². The van der Waals surface area contributed by atoms with Gasteiger partial charge in [0.2, 0.25) is 0 Å². The number of nitrogens with one attached hydrogen (secondary N) is 1. The Balaban J connectivity index is 1.71. The number of amides is 1. The lowest BCUT2D eigenvalue weighted by Gasteiger charge is -2.09. The lowest BCUT2D eigenvalue weighted by atomic mass is 10.1. The molecule has 2 aromatic heterocycles. The van der Waals surface area contributed by atoms with Crippen LogP contribution in [0.25, 0.3) is 0 Å². The lowest BCUT2D eigenvalue weighted by molar-refractivity contribution is 0.0950. The zero-order valence-corrected chi connectivity index (χ0v) is 17.0. The minimum atomic E-state index is -0.0970. The maximum absolute atomic E-state index is 12.5. The van der Waals surface area contributed by atoms with Crippen molar-refractivity contribution in [3.8, 4) is 0 Å². The smallest absolute Gasteiger partial charge is 0.251 e. The molecule has 0 aliphatic rings. The molecule has 26 heavy (non-hydrogen) atoms. The number of aryl methyl sites for hydroxylation is 3. The third-order valence-electron chi connectivity index (χ3n) is 4.34. The number of aromatic nitrogens is 4. The Morgan fingerprint density at radius 3 is 2.58 bits per heavy atom. The minimum absolute atomic E-state index is 0.0970. The van der Waals surface area contributed by atoms with E-state index in [2.05, 4.69) is 31.4 Å². The molecule has 0 saturated heterocycles. The van der Waals surface area contributed by atoms with E-state index in [0.717, 1.165) is 32.8 Å². The monoisotopic (exact) mass is 415 g/mol. The molecule has 2 heterocycles. The van der Waals surface area contributed by atoms with E-state index in [9.17, 15) is 4.79 Å². The fraction of sp³-hybridized carbons (Fsp3) is 0.316. The van der Waals surface area contributed by atoms with Crippen molar-refractivity contribution in [2.75, 3.05) is 0 Å². The number of carbonyl (C=O) groups is 1. The van der Waals surface area contributed by atoms with Crippen LogP contribution in [-0.2, 0) is 20.1 Å². The second-order valence-electron chi connectivity index (χ2n) is 6.43. The third-order valence-corrected chi connectivity index (χ3v) is 5.49. The summed E-state index contributed by atoms with van der Waals surface area (Å²) in [5, 5.41) is 11.8. The Morgan fingerprint density at radius 2 is 1.96 bits per heavy atom. The van der Waals surface area contributed by atoms with Gasteiger partial charge in [0.25, 0.3) is 5.91 Å². The molecule has 3 rings (SSSR count). The molecule has 0 spiro atoms. The molecule has 136 valence electrons. The lowest BCUT2D eigenvalue weighted by Crippen LogP contribution is -2.24. The maximum Gasteiger partial charge on any atom is 0.251 e. The molecule has 1 amide bonds. The molecule has 0 aliphatic carbocycles. The Labute approximate surface area is 161 Å². The van der Waals surface area contributed by atoms with Crippen molar-refractivity contribution < 1.29 is 4.79 Å². The quantitative estimate of drug-likeness (QED) is 0.695. The molecule has 0 aliphatic heterocycles. The molecule has 0 fully saturated rings. The fourth-order valence-corrected chi connectivity index (χ4v) is 3.20. The van der Waals surface area contributed by atoms with Gasteiger partial charge in [-0.05, 0) is 60.5 Å². The highest BCUT2D eigenvalue weighted by atomic mass is 79.9. The van der Waals surface area contributed by atoms with Gasteiger partial charge in [0.05, 0.1) is 40.3 Å². The highest BCUT2D eigenvalue weighted by Gasteiger charge is 2.11. The van der Waals surface area contributed by atoms with Crippen LogP contribution in [0.2, 0.25) is 0 Å². The number of carbonyl (C=O) groups excluding carboxylic acids is 1. The van der Waals surface area contributed by atoms with Gasteiger partial charge in [-0.3, -0.25) is 14.2 Å². The van der Waals surface area contributed by atoms with Gasteiger partial charge in [-0.2, -0.15) is 10.2 Å². The Bertz CT molecular complexity index is 957. The summed E-state index contributed by atoms with van der Waals surface area (Å²) in [6.07, 6.45) is 0. The molecule has 0 bridgehead atoms. The molecular formula is C19H22BrN5O.